The van der Waals surface area contributed by atoms with Crippen molar-refractivity contribution in [1.29, 1.82) is 0 Å². The number of urea groups is 1. The zero-order chi connectivity index (χ0) is 19.1. The maximum absolute atomic E-state index is 12.0. The number of nitrogens with zero attached hydrogens (tertiary/aromatic N) is 2. The molecule has 1 aromatic carbocycles. The van der Waals surface area contributed by atoms with Crippen molar-refractivity contribution in [1.82, 2.24) is 15.2 Å². The van der Waals surface area contributed by atoms with Crippen LogP contribution < -0.4 is 10.6 Å². The summed E-state index contributed by atoms with van der Waals surface area (Å²) in [5.41, 5.74) is 1.51. The average molecular weight is 417 g/mol. The van der Waals surface area contributed by atoms with Gasteiger partial charge in [0.05, 0.1) is 22.3 Å². The number of aromatic nitrogens is 1. The van der Waals surface area contributed by atoms with Crippen molar-refractivity contribution >= 4 is 51.6 Å². The van der Waals surface area contributed by atoms with Crippen LogP contribution in [0.1, 0.15) is 11.3 Å². The summed E-state index contributed by atoms with van der Waals surface area (Å²) in [4.78, 5) is 29.4. The predicted octanol–water partition coefficient (Wildman–Crippen LogP) is 3.38. The van der Waals surface area contributed by atoms with Crippen molar-refractivity contribution in [2.45, 2.75) is 13.1 Å². The number of methoxy groups -OCH3 is 1. The first-order valence-electron chi connectivity index (χ1n) is 7.55. The highest BCUT2D eigenvalue weighted by atomic mass is 35.5. The first-order valence-corrected chi connectivity index (χ1v) is 9.18. The molecule has 0 unspecified atom stereocenters. The summed E-state index contributed by atoms with van der Waals surface area (Å²) in [7, 11) is 3.13. The normalized spacial score (nSPS) is 10.5. The minimum absolute atomic E-state index is 0.0167. The molecule has 0 radical (unpaired) electrons. The summed E-state index contributed by atoms with van der Waals surface area (Å²) in [6, 6.07) is 4.76. The Morgan fingerprint density at radius 1 is 1.31 bits per heavy atom. The number of rotatable bonds is 7. The monoisotopic (exact) mass is 416 g/mol. The van der Waals surface area contributed by atoms with Crippen LogP contribution in [0.3, 0.4) is 0 Å². The van der Waals surface area contributed by atoms with Gasteiger partial charge in [0.15, 0.2) is 5.13 Å². The molecule has 2 rings (SSSR count). The Balaban J connectivity index is 1.83. The number of thiazole rings is 1. The molecule has 1 heterocycles. The van der Waals surface area contributed by atoms with Crippen molar-refractivity contribution < 1.29 is 14.3 Å². The van der Waals surface area contributed by atoms with Crippen molar-refractivity contribution in [2.75, 3.05) is 26.1 Å². The van der Waals surface area contributed by atoms with Crippen LogP contribution >= 0.6 is 34.5 Å². The molecule has 0 fully saturated rings. The van der Waals surface area contributed by atoms with Crippen LogP contribution in [-0.2, 0) is 22.6 Å². The molecule has 0 aliphatic carbocycles. The van der Waals surface area contributed by atoms with Crippen LogP contribution in [0.4, 0.5) is 9.93 Å². The van der Waals surface area contributed by atoms with Crippen molar-refractivity contribution in [3.8, 4) is 0 Å². The van der Waals surface area contributed by atoms with Crippen LogP contribution in [0.15, 0.2) is 23.6 Å². The maximum Gasteiger partial charge on any atom is 0.321 e. The standard InChI is InChI=1S/C16H18Cl2N4O3S/c1-22(14(23)8-25-2)7-11-9-26-16(20-11)21-15(24)19-6-10-3-4-12(17)13(18)5-10/h3-5,9H,6-8H2,1-2H3,(H2,19,20,21,24). The Morgan fingerprint density at radius 3 is 2.77 bits per heavy atom. The zero-order valence-electron chi connectivity index (χ0n) is 14.2. The molecule has 0 aliphatic rings. The van der Waals surface area contributed by atoms with Crippen molar-refractivity contribution in [2.24, 2.45) is 0 Å². The first-order chi connectivity index (χ1) is 12.4. The number of amides is 3. The molecule has 2 aromatic rings. The molecular weight excluding hydrogens is 399 g/mol. The zero-order valence-corrected chi connectivity index (χ0v) is 16.5. The minimum atomic E-state index is -0.388. The molecule has 0 aliphatic heterocycles. The van der Waals surface area contributed by atoms with Gasteiger partial charge >= 0.3 is 6.03 Å². The molecule has 0 bridgehead atoms. The Labute approximate surface area is 165 Å². The molecule has 1 aromatic heterocycles. The quantitative estimate of drug-likeness (QED) is 0.724. The second kappa shape index (κ2) is 9.72. The number of carbonyl (C=O) groups is 2. The van der Waals surface area contributed by atoms with E-state index in [1.807, 2.05) is 0 Å². The van der Waals surface area contributed by atoms with Crippen LogP contribution in [-0.4, -0.2) is 42.6 Å². The molecule has 0 atom stereocenters. The molecular formula is C16H18Cl2N4O3S. The lowest BCUT2D eigenvalue weighted by molar-refractivity contribution is -0.134. The first kappa shape index (κ1) is 20.4. The molecule has 7 nitrogen and oxygen atoms in total. The summed E-state index contributed by atoms with van der Waals surface area (Å²) in [5, 5.41) is 8.49. The number of carbonyl (C=O) groups excluding carboxylic acids is 2. The molecule has 3 amide bonds. The number of anilines is 1. The lowest BCUT2D eigenvalue weighted by Crippen LogP contribution is -2.29. The molecule has 10 heteroatoms. The highest BCUT2D eigenvalue weighted by Gasteiger charge is 2.12. The van der Waals surface area contributed by atoms with Gasteiger partial charge in [-0.25, -0.2) is 9.78 Å². The fraction of sp³-hybridized carbons (Fsp3) is 0.312. The maximum atomic E-state index is 12.0. The second-order valence-corrected chi connectivity index (χ2v) is 7.06. The highest BCUT2D eigenvalue weighted by molar-refractivity contribution is 7.13. The van der Waals surface area contributed by atoms with E-state index in [1.54, 1.807) is 30.6 Å². The number of hydrogen-bond acceptors (Lipinski definition) is 5. The lowest BCUT2D eigenvalue weighted by Gasteiger charge is -2.14. The average Bonchev–Trinajstić information content (AvgIpc) is 3.03. The minimum Gasteiger partial charge on any atom is -0.375 e. The van der Waals surface area contributed by atoms with Crippen LogP contribution in [0.5, 0.6) is 0 Å². The summed E-state index contributed by atoms with van der Waals surface area (Å²) < 4.78 is 4.81. The van der Waals surface area contributed by atoms with Gasteiger partial charge in [-0.1, -0.05) is 29.3 Å². The van der Waals surface area contributed by atoms with E-state index in [0.717, 1.165) is 5.56 Å². The molecule has 0 saturated heterocycles. The van der Waals surface area contributed by atoms with E-state index in [-0.39, 0.29) is 18.5 Å². The third-order valence-electron chi connectivity index (χ3n) is 3.30. The van der Waals surface area contributed by atoms with E-state index >= 15 is 0 Å². The lowest BCUT2D eigenvalue weighted by atomic mass is 10.2. The second-order valence-electron chi connectivity index (χ2n) is 5.38. The number of nitrogens with one attached hydrogen (secondary N) is 2. The number of halogens is 2. The van der Waals surface area contributed by atoms with Crippen LogP contribution in [0, 0.1) is 0 Å². The summed E-state index contributed by atoms with van der Waals surface area (Å²) in [5.74, 6) is -0.144. The van der Waals surface area contributed by atoms with E-state index in [2.05, 4.69) is 15.6 Å². The Morgan fingerprint density at radius 2 is 2.08 bits per heavy atom. The van der Waals surface area contributed by atoms with Crippen molar-refractivity contribution in [3.05, 3.63) is 44.9 Å². The molecule has 2 N–H and O–H groups in total. The van der Waals surface area contributed by atoms with Gasteiger partial charge < -0.3 is 15.0 Å². The SMILES string of the molecule is COCC(=O)N(C)Cc1csc(NC(=O)NCc2ccc(Cl)c(Cl)c2)n1. The Bertz CT molecular complexity index is 785. The van der Waals surface area contributed by atoms with Crippen LogP contribution in [0.25, 0.3) is 0 Å². The van der Waals surface area contributed by atoms with Gasteiger partial charge in [-0.2, -0.15) is 0 Å². The summed E-state index contributed by atoms with van der Waals surface area (Å²) in [6.45, 7) is 0.656. The Hall–Kier alpha value is -1.87. The predicted molar refractivity (Wildman–Crippen MR) is 103 cm³/mol. The fourth-order valence-electron chi connectivity index (χ4n) is 1.98. The van der Waals surface area contributed by atoms with Gasteiger partial charge in [0, 0.05) is 26.1 Å². The van der Waals surface area contributed by atoms with E-state index in [4.69, 9.17) is 27.9 Å². The molecule has 0 saturated carbocycles. The number of likely N-dealkylation sites (N-methyl/N-ethyl adjacent to an activating group) is 1. The van der Waals surface area contributed by atoms with Gasteiger partial charge in [-0.15, -0.1) is 11.3 Å². The third kappa shape index (κ3) is 6.14. The molecule has 0 spiro atoms. The van der Waals surface area contributed by atoms with Crippen LogP contribution in [0.2, 0.25) is 10.0 Å². The number of benzene rings is 1. The van der Waals surface area contributed by atoms with Gasteiger partial charge in [-0.3, -0.25) is 10.1 Å². The number of hydrogen-bond donors (Lipinski definition) is 2. The van der Waals surface area contributed by atoms with Gasteiger partial charge in [0.25, 0.3) is 0 Å². The van der Waals surface area contributed by atoms with Crippen molar-refractivity contribution in [3.63, 3.8) is 0 Å². The van der Waals surface area contributed by atoms with E-state index in [9.17, 15) is 9.59 Å². The summed E-state index contributed by atoms with van der Waals surface area (Å²) >= 11 is 13.1. The van der Waals surface area contributed by atoms with E-state index in [1.165, 1.54) is 23.3 Å². The van der Waals surface area contributed by atoms with Gasteiger partial charge in [0.1, 0.15) is 6.61 Å². The largest absolute Gasteiger partial charge is 0.375 e. The summed E-state index contributed by atoms with van der Waals surface area (Å²) in [6.07, 6.45) is 0. The highest BCUT2D eigenvalue weighted by Crippen LogP contribution is 2.22. The smallest absolute Gasteiger partial charge is 0.321 e. The molecule has 140 valence electrons. The fourth-order valence-corrected chi connectivity index (χ4v) is 2.99. The van der Waals surface area contributed by atoms with E-state index < -0.39 is 0 Å². The van der Waals surface area contributed by atoms with Gasteiger partial charge in [0.2, 0.25) is 5.91 Å². The van der Waals surface area contributed by atoms with E-state index in [0.29, 0.717) is 34.0 Å². The number of ether oxygens (including phenoxy) is 1. The van der Waals surface area contributed by atoms with Gasteiger partial charge in [-0.05, 0) is 17.7 Å². The Kier molecular flexibility index (Phi) is 7.65. The topological polar surface area (TPSA) is 83.6 Å². The third-order valence-corrected chi connectivity index (χ3v) is 4.85. The molecule has 26 heavy (non-hydrogen) atoms.